The Labute approximate surface area is 166 Å². The summed E-state index contributed by atoms with van der Waals surface area (Å²) in [4.78, 5) is 12.0. The molecule has 2 N–H and O–H groups in total. The monoisotopic (exact) mass is 392 g/mol. The van der Waals surface area contributed by atoms with E-state index in [1.165, 1.54) is 0 Å². The van der Waals surface area contributed by atoms with Crippen LogP contribution in [0.4, 0.5) is 5.82 Å². The number of rotatable bonds is 6. The number of amides is 1. The van der Waals surface area contributed by atoms with E-state index < -0.39 is 5.41 Å². The summed E-state index contributed by atoms with van der Waals surface area (Å²) in [6.45, 7) is 3.28. The fourth-order valence-electron chi connectivity index (χ4n) is 3.41. The zero-order chi connectivity index (χ0) is 20.0. The quantitative estimate of drug-likeness (QED) is 0.660. The average molecular weight is 392 g/mol. The van der Waals surface area contributed by atoms with E-state index in [4.69, 9.17) is 9.26 Å². The maximum Gasteiger partial charge on any atom is 0.262 e. The first-order chi connectivity index (χ1) is 14.1. The number of nitriles is 1. The second-order valence-corrected chi connectivity index (χ2v) is 7.78. The molecule has 0 aromatic carbocycles. The first-order valence-corrected chi connectivity index (χ1v) is 9.59. The number of nitrogens with one attached hydrogen (secondary N) is 2. The van der Waals surface area contributed by atoms with Crippen molar-refractivity contribution in [3.63, 3.8) is 0 Å². The Morgan fingerprint density at radius 2 is 2.31 bits per heavy atom. The Kier molecular flexibility index (Phi) is 4.03. The number of carbonyl (C=O) groups is 1. The Morgan fingerprint density at radius 1 is 1.48 bits per heavy atom. The maximum absolute atomic E-state index is 12.0. The summed E-state index contributed by atoms with van der Waals surface area (Å²) in [5.41, 5.74) is 1.92. The highest BCUT2D eigenvalue weighted by atomic mass is 16.5. The van der Waals surface area contributed by atoms with Gasteiger partial charge in [0.1, 0.15) is 17.8 Å². The topological polar surface area (TPSA) is 117 Å². The van der Waals surface area contributed by atoms with Crippen LogP contribution < -0.4 is 15.4 Å². The summed E-state index contributed by atoms with van der Waals surface area (Å²) in [6.07, 6.45) is 3.71. The van der Waals surface area contributed by atoms with Gasteiger partial charge in [0.15, 0.2) is 5.82 Å². The Bertz CT molecular complexity index is 1130. The largest absolute Gasteiger partial charge is 0.473 e. The molecule has 1 aliphatic carbocycles. The molecule has 3 aromatic rings. The van der Waals surface area contributed by atoms with E-state index in [0.717, 1.165) is 29.5 Å². The number of pyridine rings is 1. The molecule has 2 aliphatic rings. The third-order valence-corrected chi connectivity index (χ3v) is 5.43. The van der Waals surface area contributed by atoms with Crippen molar-refractivity contribution in [1.82, 2.24) is 20.1 Å². The van der Waals surface area contributed by atoms with E-state index in [9.17, 15) is 10.1 Å². The van der Waals surface area contributed by atoms with Crippen molar-refractivity contribution < 1.29 is 14.1 Å². The Balaban J connectivity index is 1.40. The van der Waals surface area contributed by atoms with Gasteiger partial charge in [0.2, 0.25) is 5.91 Å². The molecule has 3 aromatic heterocycles. The smallest absolute Gasteiger partial charge is 0.262 e. The number of fused-ring (bicyclic) bond motifs is 1. The normalized spacial score (nSPS) is 17.5. The van der Waals surface area contributed by atoms with Gasteiger partial charge in [-0.3, -0.25) is 4.79 Å². The lowest BCUT2D eigenvalue weighted by Gasteiger charge is -2.35. The van der Waals surface area contributed by atoms with Crippen molar-refractivity contribution in [2.24, 2.45) is 11.3 Å². The van der Waals surface area contributed by atoms with E-state index in [1.807, 2.05) is 31.3 Å². The molecule has 2 fully saturated rings. The molecule has 9 nitrogen and oxygen atoms in total. The van der Waals surface area contributed by atoms with Crippen molar-refractivity contribution >= 4 is 17.2 Å². The summed E-state index contributed by atoms with van der Waals surface area (Å²) in [5, 5.41) is 23.8. The highest BCUT2D eigenvalue weighted by Gasteiger charge is 2.39. The zero-order valence-electron chi connectivity index (χ0n) is 15.9. The van der Waals surface area contributed by atoms with Gasteiger partial charge in [-0.1, -0.05) is 0 Å². The number of aromatic nitrogens is 3. The van der Waals surface area contributed by atoms with Crippen LogP contribution >= 0.6 is 0 Å². The SMILES string of the molecule is Cc1onc(OCC2(C#N)CNC2)c1-c1ccn2nc(NC(=O)C3CC3)cc2c1. The van der Waals surface area contributed by atoms with Crippen LogP contribution in [0.25, 0.3) is 16.6 Å². The second-order valence-electron chi connectivity index (χ2n) is 7.78. The van der Waals surface area contributed by atoms with Gasteiger partial charge < -0.3 is 19.9 Å². The van der Waals surface area contributed by atoms with Crippen LogP contribution in [0.3, 0.4) is 0 Å². The van der Waals surface area contributed by atoms with Crippen LogP contribution in [0.1, 0.15) is 18.6 Å². The number of hydrogen-bond donors (Lipinski definition) is 2. The van der Waals surface area contributed by atoms with Gasteiger partial charge in [-0.15, -0.1) is 0 Å². The van der Waals surface area contributed by atoms with Gasteiger partial charge in [0.05, 0.1) is 17.1 Å². The van der Waals surface area contributed by atoms with E-state index >= 15 is 0 Å². The molecule has 1 saturated carbocycles. The predicted octanol–water partition coefficient (Wildman–Crippen LogP) is 2.14. The van der Waals surface area contributed by atoms with Crippen LogP contribution in [0, 0.1) is 29.6 Å². The minimum Gasteiger partial charge on any atom is -0.473 e. The van der Waals surface area contributed by atoms with Crippen molar-refractivity contribution in [3.05, 3.63) is 30.2 Å². The average Bonchev–Trinajstić information content (AvgIpc) is 3.36. The van der Waals surface area contributed by atoms with Crippen LogP contribution in [-0.2, 0) is 4.79 Å². The van der Waals surface area contributed by atoms with Gasteiger partial charge in [-0.05, 0) is 42.6 Å². The van der Waals surface area contributed by atoms with Crippen LogP contribution in [0.2, 0.25) is 0 Å². The molecule has 4 heterocycles. The summed E-state index contributed by atoms with van der Waals surface area (Å²) >= 11 is 0. The molecule has 5 rings (SSSR count). The van der Waals surface area contributed by atoms with E-state index in [2.05, 4.69) is 27.0 Å². The number of hydrogen-bond acceptors (Lipinski definition) is 7. The van der Waals surface area contributed by atoms with Gasteiger partial charge in [-0.25, -0.2) is 4.52 Å². The molecule has 148 valence electrons. The molecule has 1 saturated heterocycles. The fourth-order valence-corrected chi connectivity index (χ4v) is 3.41. The highest BCUT2D eigenvalue weighted by Crippen LogP contribution is 2.35. The highest BCUT2D eigenvalue weighted by molar-refractivity contribution is 5.93. The van der Waals surface area contributed by atoms with Crippen LogP contribution in [0.15, 0.2) is 28.9 Å². The van der Waals surface area contributed by atoms with Crippen molar-refractivity contribution in [2.75, 3.05) is 25.0 Å². The Hall–Kier alpha value is -3.38. The van der Waals surface area contributed by atoms with Crippen molar-refractivity contribution in [3.8, 4) is 23.1 Å². The lowest BCUT2D eigenvalue weighted by molar-refractivity contribution is -0.117. The number of anilines is 1. The van der Waals surface area contributed by atoms with Gasteiger partial charge >= 0.3 is 0 Å². The number of carbonyl (C=O) groups excluding carboxylic acids is 1. The summed E-state index contributed by atoms with van der Waals surface area (Å²) in [5.74, 6) is 1.68. The molecule has 0 unspecified atom stereocenters. The van der Waals surface area contributed by atoms with E-state index in [1.54, 1.807) is 4.52 Å². The standard InChI is InChI=1S/C20H20N6O3/c1-12-17(19(25-29-12)28-11-20(8-21)9-22-10-20)14-4-5-26-15(6-14)7-16(24-26)23-18(27)13-2-3-13/h4-7,13,22H,2-3,9-11H2,1H3,(H,23,24,27). The second kappa shape index (κ2) is 6.60. The fraction of sp³-hybridized carbons (Fsp3) is 0.400. The third kappa shape index (κ3) is 3.21. The van der Waals surface area contributed by atoms with Crippen molar-refractivity contribution in [1.29, 1.82) is 5.26 Å². The summed E-state index contributed by atoms with van der Waals surface area (Å²) < 4.78 is 12.9. The first kappa shape index (κ1) is 17.7. The summed E-state index contributed by atoms with van der Waals surface area (Å²) in [6, 6.07) is 7.98. The van der Waals surface area contributed by atoms with Crippen LogP contribution in [-0.4, -0.2) is 40.4 Å². The molecule has 1 aliphatic heterocycles. The lowest BCUT2D eigenvalue weighted by atomic mass is 9.84. The first-order valence-electron chi connectivity index (χ1n) is 9.59. The molecule has 0 radical (unpaired) electrons. The minimum atomic E-state index is -0.520. The van der Waals surface area contributed by atoms with E-state index in [-0.39, 0.29) is 18.4 Å². The molecular weight excluding hydrogens is 372 g/mol. The molecule has 29 heavy (non-hydrogen) atoms. The third-order valence-electron chi connectivity index (χ3n) is 5.43. The van der Waals surface area contributed by atoms with Crippen molar-refractivity contribution in [2.45, 2.75) is 19.8 Å². The number of nitrogens with zero attached hydrogens (tertiary/aromatic N) is 4. The zero-order valence-corrected chi connectivity index (χ0v) is 15.9. The van der Waals surface area contributed by atoms with Gasteiger partial charge in [0, 0.05) is 31.3 Å². The minimum absolute atomic E-state index is 0.0242. The molecule has 0 atom stereocenters. The van der Waals surface area contributed by atoms with E-state index in [0.29, 0.717) is 30.5 Å². The Morgan fingerprint density at radius 3 is 3.00 bits per heavy atom. The van der Waals surface area contributed by atoms with Gasteiger partial charge in [-0.2, -0.15) is 10.4 Å². The molecule has 9 heteroatoms. The predicted molar refractivity (Wildman–Crippen MR) is 103 cm³/mol. The summed E-state index contributed by atoms with van der Waals surface area (Å²) in [7, 11) is 0. The number of aryl methyl sites for hydroxylation is 1. The van der Waals surface area contributed by atoms with Crippen LogP contribution in [0.5, 0.6) is 5.88 Å². The van der Waals surface area contributed by atoms with Gasteiger partial charge in [0.25, 0.3) is 5.88 Å². The maximum atomic E-state index is 12.0. The number of ether oxygens (including phenoxy) is 1. The molecule has 0 bridgehead atoms. The molecular formula is C20H20N6O3. The lowest BCUT2D eigenvalue weighted by Crippen LogP contribution is -2.55. The molecule has 0 spiro atoms. The molecule has 1 amide bonds.